The van der Waals surface area contributed by atoms with E-state index in [-0.39, 0.29) is 36.0 Å². The fourth-order valence-corrected chi connectivity index (χ4v) is 3.30. The van der Waals surface area contributed by atoms with Crippen LogP contribution in [0.15, 0.2) is 24.3 Å². The van der Waals surface area contributed by atoms with Crippen LogP contribution in [0.3, 0.4) is 0 Å². The summed E-state index contributed by atoms with van der Waals surface area (Å²) in [5, 5.41) is 3.47. The molecule has 1 aromatic carbocycles. The third-order valence-corrected chi connectivity index (χ3v) is 4.83. The number of hydrogen-bond acceptors (Lipinski definition) is 8. The predicted octanol–water partition coefficient (Wildman–Crippen LogP) is 3.31. The Morgan fingerprint density at radius 2 is 1.83 bits per heavy atom. The van der Waals surface area contributed by atoms with Crippen LogP contribution in [-0.2, 0) is 4.79 Å². The van der Waals surface area contributed by atoms with Crippen LogP contribution in [0.5, 0.6) is 0 Å². The Hall–Kier alpha value is -2.42. The molecule has 2 heterocycles. The highest BCUT2D eigenvalue weighted by Gasteiger charge is 2.11. The van der Waals surface area contributed by atoms with Gasteiger partial charge in [0.25, 0.3) is 0 Å². The van der Waals surface area contributed by atoms with Gasteiger partial charge in [0, 0.05) is 23.7 Å². The zero-order valence-corrected chi connectivity index (χ0v) is 17.5. The highest BCUT2D eigenvalue weighted by Crippen LogP contribution is 2.24. The van der Waals surface area contributed by atoms with Crippen molar-refractivity contribution < 1.29 is 4.79 Å². The van der Waals surface area contributed by atoms with Crippen molar-refractivity contribution in [1.29, 1.82) is 0 Å². The van der Waals surface area contributed by atoms with Crippen molar-refractivity contribution in [3.63, 3.8) is 0 Å². The Labute approximate surface area is 181 Å². The van der Waals surface area contributed by atoms with E-state index in [1.165, 1.54) is 19.3 Å². The molecule has 8 nitrogen and oxygen atoms in total. The highest BCUT2D eigenvalue weighted by atomic mass is 35.5. The minimum Gasteiger partial charge on any atom is -0.368 e. The van der Waals surface area contributed by atoms with Crippen LogP contribution in [0, 0.1) is 0 Å². The summed E-state index contributed by atoms with van der Waals surface area (Å²) in [5.74, 6) is 0.393. The molecular formula is C19H25Cl2N7O. The lowest BCUT2D eigenvalue weighted by atomic mass is 10.1. The van der Waals surface area contributed by atoms with Gasteiger partial charge >= 0.3 is 0 Å². The first-order valence-corrected chi connectivity index (χ1v) is 9.64. The van der Waals surface area contributed by atoms with Crippen LogP contribution >= 0.6 is 24.0 Å². The summed E-state index contributed by atoms with van der Waals surface area (Å²) in [6.07, 6.45) is 7.60. The summed E-state index contributed by atoms with van der Waals surface area (Å²) >= 11 is 6.33. The number of likely N-dealkylation sites (tertiary alicyclic amines) is 1. The van der Waals surface area contributed by atoms with Crippen molar-refractivity contribution in [2.75, 3.05) is 36.4 Å². The number of anilines is 4. The molecule has 156 valence electrons. The summed E-state index contributed by atoms with van der Waals surface area (Å²) in [5.41, 5.74) is 12.5. The maximum Gasteiger partial charge on any atom is 0.233 e. The number of rotatable bonds is 7. The molecule has 0 bridgehead atoms. The van der Waals surface area contributed by atoms with Gasteiger partial charge in [-0.2, -0.15) is 15.0 Å². The summed E-state index contributed by atoms with van der Waals surface area (Å²) in [4.78, 5) is 26.1. The van der Waals surface area contributed by atoms with Crippen LogP contribution in [0.4, 0.5) is 23.5 Å². The maximum absolute atomic E-state index is 12.1. The van der Waals surface area contributed by atoms with Crippen molar-refractivity contribution in [3.8, 4) is 0 Å². The van der Waals surface area contributed by atoms with Crippen LogP contribution in [0.2, 0.25) is 5.02 Å². The fourth-order valence-electron chi connectivity index (χ4n) is 3.05. The molecule has 0 radical (unpaired) electrons. The smallest absolute Gasteiger partial charge is 0.233 e. The van der Waals surface area contributed by atoms with Crippen molar-refractivity contribution >= 4 is 59.4 Å². The van der Waals surface area contributed by atoms with E-state index < -0.39 is 0 Å². The number of hydrogen-bond donors (Lipinski definition) is 3. The fraction of sp³-hybridized carbons (Fsp3) is 0.368. The number of nitrogens with zero attached hydrogens (tertiary/aromatic N) is 4. The van der Waals surface area contributed by atoms with Gasteiger partial charge < -0.3 is 21.7 Å². The molecule has 3 rings (SSSR count). The average molecular weight is 438 g/mol. The van der Waals surface area contributed by atoms with E-state index in [0.29, 0.717) is 17.1 Å². The molecular weight excluding hydrogens is 413 g/mol. The molecule has 10 heteroatoms. The zero-order chi connectivity index (χ0) is 19.9. The largest absolute Gasteiger partial charge is 0.368 e. The predicted molar refractivity (Wildman–Crippen MR) is 120 cm³/mol. The van der Waals surface area contributed by atoms with E-state index in [1.807, 2.05) is 6.07 Å². The first-order valence-electron chi connectivity index (χ1n) is 9.26. The van der Waals surface area contributed by atoms with Gasteiger partial charge in [0.15, 0.2) is 5.78 Å². The monoisotopic (exact) mass is 437 g/mol. The number of nitrogens with one attached hydrogen (secondary N) is 1. The number of nitrogens with two attached hydrogens (primary N) is 2. The molecule has 1 aromatic heterocycles. The van der Waals surface area contributed by atoms with E-state index in [0.717, 1.165) is 25.2 Å². The second-order valence-electron chi connectivity index (χ2n) is 6.69. The molecule has 1 saturated heterocycles. The van der Waals surface area contributed by atoms with Gasteiger partial charge in [-0.05, 0) is 55.8 Å². The van der Waals surface area contributed by atoms with Gasteiger partial charge in [-0.3, -0.25) is 4.79 Å². The van der Waals surface area contributed by atoms with Gasteiger partial charge in [-0.25, -0.2) is 0 Å². The Morgan fingerprint density at radius 3 is 2.48 bits per heavy atom. The third kappa shape index (κ3) is 7.16. The van der Waals surface area contributed by atoms with Crippen LogP contribution < -0.4 is 16.8 Å². The van der Waals surface area contributed by atoms with Gasteiger partial charge in [0.05, 0.1) is 0 Å². The number of ketones is 1. The molecule has 0 unspecified atom stereocenters. The lowest BCUT2D eigenvalue weighted by Crippen LogP contribution is -2.31. The number of halogens is 2. The van der Waals surface area contributed by atoms with E-state index in [9.17, 15) is 4.79 Å². The second kappa shape index (κ2) is 10.9. The zero-order valence-electron chi connectivity index (χ0n) is 16.0. The van der Waals surface area contributed by atoms with Gasteiger partial charge in [0.2, 0.25) is 17.8 Å². The lowest BCUT2D eigenvalue weighted by Gasteiger charge is -2.25. The first kappa shape index (κ1) is 22.9. The number of benzene rings is 1. The first-order chi connectivity index (χ1) is 13.5. The van der Waals surface area contributed by atoms with Crippen LogP contribution in [0.1, 0.15) is 31.2 Å². The Morgan fingerprint density at radius 1 is 1.14 bits per heavy atom. The molecule has 1 aliphatic heterocycles. The van der Waals surface area contributed by atoms with Gasteiger partial charge in [0.1, 0.15) is 0 Å². The molecule has 0 amide bonds. The number of carbonyl (C=O) groups is 1. The molecule has 0 saturated carbocycles. The number of carbonyl (C=O) groups excluding carboxylic acids is 1. The molecule has 0 aliphatic carbocycles. The summed E-state index contributed by atoms with van der Waals surface area (Å²) < 4.78 is 0. The molecule has 5 N–H and O–H groups in total. The SMILES string of the molecule is Cl.Nc1nc(N)nc(Nc2ccc(/C=C/C(=O)CCN3CCCCC3)c(Cl)c2)n1. The summed E-state index contributed by atoms with van der Waals surface area (Å²) in [6.45, 7) is 3.00. The van der Waals surface area contributed by atoms with Gasteiger partial charge in [-0.1, -0.05) is 24.1 Å². The van der Waals surface area contributed by atoms with E-state index in [4.69, 9.17) is 23.1 Å². The molecule has 2 aromatic rings. The van der Waals surface area contributed by atoms with Crippen molar-refractivity contribution in [3.05, 3.63) is 34.9 Å². The lowest BCUT2D eigenvalue weighted by molar-refractivity contribution is -0.114. The molecule has 1 aliphatic rings. The molecule has 0 atom stereocenters. The van der Waals surface area contributed by atoms with Gasteiger partial charge in [-0.15, -0.1) is 12.4 Å². The summed E-state index contributed by atoms with van der Waals surface area (Å²) in [7, 11) is 0. The van der Waals surface area contributed by atoms with E-state index in [1.54, 1.807) is 24.3 Å². The molecule has 0 spiro atoms. The minimum absolute atomic E-state index is 0. The van der Waals surface area contributed by atoms with Crippen molar-refractivity contribution in [2.24, 2.45) is 0 Å². The molecule has 1 fully saturated rings. The van der Waals surface area contributed by atoms with Crippen LogP contribution in [-0.4, -0.2) is 45.3 Å². The van der Waals surface area contributed by atoms with E-state index in [2.05, 4.69) is 25.2 Å². The van der Waals surface area contributed by atoms with E-state index >= 15 is 0 Å². The minimum atomic E-state index is 0. The number of aromatic nitrogens is 3. The highest BCUT2D eigenvalue weighted by molar-refractivity contribution is 6.32. The van der Waals surface area contributed by atoms with Crippen molar-refractivity contribution in [2.45, 2.75) is 25.7 Å². The van der Waals surface area contributed by atoms with Crippen LogP contribution in [0.25, 0.3) is 6.08 Å². The summed E-state index contributed by atoms with van der Waals surface area (Å²) in [6, 6.07) is 5.34. The third-order valence-electron chi connectivity index (χ3n) is 4.50. The molecule has 29 heavy (non-hydrogen) atoms. The average Bonchev–Trinajstić information content (AvgIpc) is 2.66. The quantitative estimate of drug-likeness (QED) is 0.563. The number of allylic oxidation sites excluding steroid dienone is 1. The maximum atomic E-state index is 12.1. The Balaban J connectivity index is 0.00000300. The standard InChI is InChI=1S/C19H24ClN7O.ClH/c20-16-12-14(23-19-25-17(21)24-18(22)26-19)6-4-13(16)5-7-15(28)8-11-27-9-2-1-3-10-27;/h4-7,12H,1-3,8-11H2,(H5,21,22,23,24,25,26);1H/b7-5+;. The Kier molecular flexibility index (Phi) is 8.63. The normalized spacial score (nSPS) is 14.5. The topological polar surface area (TPSA) is 123 Å². The second-order valence-corrected chi connectivity index (χ2v) is 7.10. The number of nitrogen functional groups attached to an aromatic ring is 2. The Bertz CT molecular complexity index is 849. The number of piperidine rings is 1. The van der Waals surface area contributed by atoms with Crippen molar-refractivity contribution in [1.82, 2.24) is 19.9 Å².